The molecule has 1 saturated heterocycles. The minimum Gasteiger partial charge on any atom is -0.460 e. The van der Waals surface area contributed by atoms with Gasteiger partial charge in [-0.05, 0) is 75.2 Å². The Labute approximate surface area is 288 Å². The number of ketones is 1. The molecule has 6 atom stereocenters. The highest BCUT2D eigenvalue weighted by Gasteiger charge is 2.63. The van der Waals surface area contributed by atoms with E-state index in [0.29, 0.717) is 13.0 Å². The molecule has 6 unspecified atom stereocenters. The van der Waals surface area contributed by atoms with Crippen LogP contribution in [0.25, 0.3) is 0 Å². The summed E-state index contributed by atoms with van der Waals surface area (Å²) in [5, 5.41) is 8.06. The van der Waals surface area contributed by atoms with Gasteiger partial charge in [0.25, 0.3) is 5.91 Å². The van der Waals surface area contributed by atoms with Gasteiger partial charge in [0.05, 0.1) is 6.04 Å². The van der Waals surface area contributed by atoms with Crippen molar-refractivity contribution in [2.24, 2.45) is 29.6 Å². The number of carbonyl (C=O) groups excluding carboxylic acids is 6. The van der Waals surface area contributed by atoms with Crippen molar-refractivity contribution in [3.63, 3.8) is 0 Å². The second kappa shape index (κ2) is 15.7. The molecule has 4 aliphatic rings. The molecule has 49 heavy (non-hydrogen) atoms. The molecule has 0 radical (unpaired) electrons. The van der Waals surface area contributed by atoms with Crippen molar-refractivity contribution in [1.82, 2.24) is 20.9 Å². The van der Waals surface area contributed by atoms with Gasteiger partial charge >= 0.3 is 12.1 Å². The first-order valence-electron chi connectivity index (χ1n) is 17.9. The summed E-state index contributed by atoms with van der Waals surface area (Å²) >= 11 is 0. The molecule has 268 valence electrons. The standard InChI is InChI=1S/C37H52N4O8/c1-22-26-20-41(35(46)30(25-16-9-6-10-17-25)40-36(47)49-37(2,3)4)31(29(22)26)33(44)39-27(18-23-14-11-15-23)32(43)34(45)38-19-28(42)48-21-24-12-7-5-8-13-24/h5,7-8,12-13,22-23,25-27,29-31H,6,9-11,14-21H2,1-4H3,(H,38,45)(H,39,44)(H,40,47). The summed E-state index contributed by atoms with van der Waals surface area (Å²) in [5.74, 6) is -2.91. The summed E-state index contributed by atoms with van der Waals surface area (Å²) in [5.41, 5.74) is 0.0487. The number of nitrogens with zero attached hydrogens (tertiary/aromatic N) is 1. The lowest BCUT2D eigenvalue weighted by Gasteiger charge is -2.37. The summed E-state index contributed by atoms with van der Waals surface area (Å²) in [6.07, 6.45) is 6.97. The van der Waals surface area contributed by atoms with Crippen molar-refractivity contribution in [3.05, 3.63) is 35.9 Å². The zero-order chi connectivity index (χ0) is 35.3. The van der Waals surface area contributed by atoms with Crippen LogP contribution in [0.3, 0.4) is 0 Å². The van der Waals surface area contributed by atoms with E-state index in [-0.39, 0.29) is 42.1 Å². The van der Waals surface area contributed by atoms with Crippen LogP contribution >= 0.6 is 0 Å². The number of rotatable bonds is 13. The highest BCUT2D eigenvalue weighted by molar-refractivity contribution is 6.38. The maximum atomic E-state index is 14.3. The average Bonchev–Trinajstić information content (AvgIpc) is 3.47. The molecule has 0 bridgehead atoms. The molecule has 12 nitrogen and oxygen atoms in total. The molecule has 0 aromatic heterocycles. The van der Waals surface area contributed by atoms with E-state index in [4.69, 9.17) is 9.47 Å². The summed E-state index contributed by atoms with van der Waals surface area (Å²) < 4.78 is 10.7. The molecule has 1 heterocycles. The van der Waals surface area contributed by atoms with Crippen LogP contribution in [0.5, 0.6) is 0 Å². The molecule has 0 spiro atoms. The van der Waals surface area contributed by atoms with Gasteiger partial charge in [0.1, 0.15) is 30.8 Å². The molecule has 1 aromatic rings. The van der Waals surface area contributed by atoms with E-state index in [2.05, 4.69) is 22.9 Å². The van der Waals surface area contributed by atoms with Crippen LogP contribution in [0.4, 0.5) is 4.79 Å². The van der Waals surface area contributed by atoms with Crippen molar-refractivity contribution in [3.8, 4) is 0 Å². The first-order valence-corrected chi connectivity index (χ1v) is 17.9. The molecule has 4 fully saturated rings. The number of fused-ring (bicyclic) bond motifs is 1. The summed E-state index contributed by atoms with van der Waals surface area (Å²) in [4.78, 5) is 81.6. The minimum absolute atomic E-state index is 0.0376. The number of piperidine rings is 1. The summed E-state index contributed by atoms with van der Waals surface area (Å²) in [7, 11) is 0. The van der Waals surface area contributed by atoms with Gasteiger partial charge in [-0.1, -0.05) is 75.8 Å². The van der Waals surface area contributed by atoms with Crippen LogP contribution in [0, 0.1) is 29.6 Å². The number of likely N-dealkylation sites (tertiary alicyclic amines) is 1. The van der Waals surface area contributed by atoms with Gasteiger partial charge < -0.3 is 30.3 Å². The van der Waals surface area contributed by atoms with Crippen LogP contribution < -0.4 is 16.0 Å². The third-order valence-corrected chi connectivity index (χ3v) is 10.6. The Hall–Kier alpha value is -3.96. The number of alkyl carbamates (subject to hydrolysis) is 1. The molecular weight excluding hydrogens is 628 g/mol. The molecule has 1 aromatic carbocycles. The highest BCUT2D eigenvalue weighted by atomic mass is 16.6. The third kappa shape index (κ3) is 9.39. The van der Waals surface area contributed by atoms with Gasteiger partial charge in [0, 0.05) is 6.54 Å². The number of amides is 4. The van der Waals surface area contributed by atoms with Gasteiger partial charge in [-0.2, -0.15) is 0 Å². The number of carbonyl (C=O) groups is 6. The number of esters is 1. The Morgan fingerprint density at radius 1 is 0.918 bits per heavy atom. The Kier molecular flexibility index (Phi) is 11.7. The second-order valence-electron chi connectivity index (χ2n) is 15.3. The van der Waals surface area contributed by atoms with Gasteiger partial charge in [0.15, 0.2) is 0 Å². The molecule has 3 N–H and O–H groups in total. The van der Waals surface area contributed by atoms with E-state index < -0.39 is 59.9 Å². The monoisotopic (exact) mass is 680 g/mol. The topological polar surface area (TPSA) is 160 Å². The van der Waals surface area contributed by atoms with Gasteiger partial charge in [-0.25, -0.2) is 4.79 Å². The Morgan fingerprint density at radius 2 is 1.61 bits per heavy atom. The SMILES string of the molecule is CC1C2CN(C(=O)C(NC(=O)OC(C)(C)C)C3CCCCC3)C(C(=O)NC(CC3CCC3)C(=O)C(=O)NCC(=O)OCc3ccccc3)C12. The van der Waals surface area contributed by atoms with Crippen molar-refractivity contribution >= 4 is 35.6 Å². The van der Waals surface area contributed by atoms with E-state index in [9.17, 15) is 28.8 Å². The van der Waals surface area contributed by atoms with Crippen molar-refractivity contribution in [2.45, 2.75) is 116 Å². The van der Waals surface area contributed by atoms with Gasteiger partial charge in [0.2, 0.25) is 17.6 Å². The zero-order valence-corrected chi connectivity index (χ0v) is 29.2. The zero-order valence-electron chi connectivity index (χ0n) is 29.2. The lowest BCUT2D eigenvalue weighted by molar-refractivity contribution is -0.147. The summed E-state index contributed by atoms with van der Waals surface area (Å²) in [6.45, 7) is 7.28. The number of hydrogen-bond acceptors (Lipinski definition) is 8. The third-order valence-electron chi connectivity index (χ3n) is 10.6. The first kappa shape index (κ1) is 36.3. The second-order valence-corrected chi connectivity index (χ2v) is 15.3. The molecule has 1 aliphatic heterocycles. The maximum Gasteiger partial charge on any atom is 0.408 e. The fourth-order valence-electron chi connectivity index (χ4n) is 7.68. The molecule has 5 rings (SSSR count). The largest absolute Gasteiger partial charge is 0.460 e. The van der Waals surface area contributed by atoms with E-state index in [1.165, 1.54) is 0 Å². The highest BCUT2D eigenvalue weighted by Crippen LogP contribution is 2.55. The summed E-state index contributed by atoms with van der Waals surface area (Å²) in [6, 6.07) is 6.34. The predicted molar refractivity (Wildman–Crippen MR) is 180 cm³/mol. The van der Waals surface area contributed by atoms with E-state index in [1.54, 1.807) is 37.8 Å². The van der Waals surface area contributed by atoms with E-state index in [0.717, 1.165) is 56.9 Å². The number of Topliss-reactive ketones (excluding diaryl/α,β-unsaturated/α-hetero) is 1. The Bertz CT molecular complexity index is 1380. The van der Waals surface area contributed by atoms with Gasteiger partial charge in [-0.15, -0.1) is 0 Å². The van der Waals surface area contributed by atoms with Crippen molar-refractivity contribution in [2.75, 3.05) is 13.1 Å². The Balaban J connectivity index is 1.25. The minimum atomic E-state index is -1.10. The normalized spacial score (nSPS) is 24.8. The van der Waals surface area contributed by atoms with Gasteiger partial charge in [-0.3, -0.25) is 24.0 Å². The molecule has 12 heteroatoms. The molecular formula is C37H52N4O8. The van der Waals surface area contributed by atoms with Crippen molar-refractivity contribution in [1.29, 1.82) is 0 Å². The number of benzene rings is 1. The number of ether oxygens (including phenoxy) is 2. The lowest BCUT2D eigenvalue weighted by atomic mass is 9.80. The Morgan fingerprint density at radius 3 is 2.24 bits per heavy atom. The van der Waals surface area contributed by atoms with Crippen LogP contribution in [0.15, 0.2) is 30.3 Å². The van der Waals surface area contributed by atoms with Crippen LogP contribution in [-0.2, 0) is 40.1 Å². The first-order chi connectivity index (χ1) is 23.3. The number of nitrogens with one attached hydrogen (secondary N) is 3. The lowest BCUT2D eigenvalue weighted by Crippen LogP contribution is -2.59. The van der Waals surface area contributed by atoms with E-state index in [1.807, 2.05) is 18.2 Å². The average molecular weight is 681 g/mol. The quantitative estimate of drug-likeness (QED) is 0.210. The van der Waals surface area contributed by atoms with Crippen LogP contribution in [0.1, 0.15) is 91.0 Å². The maximum absolute atomic E-state index is 14.3. The van der Waals surface area contributed by atoms with E-state index >= 15 is 0 Å². The molecule has 3 aliphatic carbocycles. The van der Waals surface area contributed by atoms with Crippen LogP contribution in [0.2, 0.25) is 0 Å². The fourth-order valence-corrected chi connectivity index (χ4v) is 7.68. The van der Waals surface area contributed by atoms with Crippen LogP contribution in [-0.4, -0.2) is 77.3 Å². The molecule has 4 amide bonds. The fraction of sp³-hybridized carbons (Fsp3) is 0.676. The smallest absolute Gasteiger partial charge is 0.408 e. The predicted octanol–water partition coefficient (Wildman–Crippen LogP) is 3.66. The van der Waals surface area contributed by atoms with Crippen molar-refractivity contribution < 1.29 is 38.2 Å². The molecule has 3 saturated carbocycles. The number of hydrogen-bond donors (Lipinski definition) is 3.